The Balaban J connectivity index is 3.55. The molecule has 1 rings (SSSR count). The maximum atomic E-state index is 5.87. The summed E-state index contributed by atoms with van der Waals surface area (Å²) in [4.78, 5) is 8.96. The summed E-state index contributed by atoms with van der Waals surface area (Å²) in [5.41, 5.74) is 3.44. The number of hydrogen-bond acceptors (Lipinski definition) is 3. The molecule has 3 nitrogen and oxygen atoms in total. The highest BCUT2D eigenvalue weighted by atomic mass is 16.5. The van der Waals surface area contributed by atoms with E-state index in [1.165, 1.54) is 6.34 Å². The maximum absolute atomic E-state index is 5.87. The van der Waals surface area contributed by atoms with Gasteiger partial charge in [0.1, 0.15) is 23.6 Å². The van der Waals surface area contributed by atoms with Gasteiger partial charge < -0.3 is 4.74 Å². The molecule has 166 valence electrons. The second-order valence-electron chi connectivity index (χ2n) is 7.38. The first kappa shape index (κ1) is 26.3. The minimum absolute atomic E-state index is 0.0750. The van der Waals surface area contributed by atoms with Crippen molar-refractivity contribution in [2.75, 3.05) is 0 Å². The van der Waals surface area contributed by atoms with Crippen LogP contribution in [0.5, 0.6) is 0 Å². The van der Waals surface area contributed by atoms with Crippen molar-refractivity contribution in [2.45, 2.75) is 20.8 Å². The Morgan fingerprint density at radius 2 is 1.72 bits per heavy atom. The van der Waals surface area contributed by atoms with Crippen molar-refractivity contribution >= 4 is 12.1 Å². The van der Waals surface area contributed by atoms with Crippen molar-refractivity contribution in [3.63, 3.8) is 0 Å². The zero-order valence-corrected chi connectivity index (χ0v) is 19.6. The summed E-state index contributed by atoms with van der Waals surface area (Å²) in [5.74, 6) is 1.06. The second-order valence-corrected chi connectivity index (χ2v) is 7.38. The summed E-state index contributed by atoms with van der Waals surface area (Å²) in [5, 5.41) is 0. The lowest BCUT2D eigenvalue weighted by Crippen LogP contribution is -2.09. The first-order valence-corrected chi connectivity index (χ1v) is 10.4. The molecule has 0 fully saturated rings. The molecule has 0 aromatic carbocycles. The third-order valence-corrected chi connectivity index (χ3v) is 4.48. The molecular weight excluding hydrogens is 392 g/mol. The van der Waals surface area contributed by atoms with Crippen LogP contribution in [0.4, 0.5) is 0 Å². The summed E-state index contributed by atoms with van der Waals surface area (Å²) in [6.45, 7) is 30.0. The van der Waals surface area contributed by atoms with Crippen LogP contribution in [0.25, 0.3) is 0 Å². The lowest BCUT2D eigenvalue weighted by Gasteiger charge is -2.13. The van der Waals surface area contributed by atoms with Gasteiger partial charge in [-0.25, -0.2) is 9.98 Å². The normalized spacial score (nSPS) is 22.9. The van der Waals surface area contributed by atoms with Gasteiger partial charge in [-0.1, -0.05) is 102 Å². The zero-order chi connectivity index (χ0) is 24.1. The highest BCUT2D eigenvalue weighted by Crippen LogP contribution is 2.19. The summed E-state index contributed by atoms with van der Waals surface area (Å²) in [7, 11) is 0. The van der Waals surface area contributed by atoms with Crippen molar-refractivity contribution in [1.82, 2.24) is 0 Å². The Morgan fingerprint density at radius 3 is 2.38 bits per heavy atom. The first-order chi connectivity index (χ1) is 15.2. The minimum Gasteiger partial charge on any atom is -0.456 e. The van der Waals surface area contributed by atoms with Crippen molar-refractivity contribution < 1.29 is 4.74 Å². The van der Waals surface area contributed by atoms with Crippen LogP contribution in [0.1, 0.15) is 20.8 Å². The second kappa shape index (κ2) is 13.6. The first-order valence-electron chi connectivity index (χ1n) is 10.4. The summed E-state index contributed by atoms with van der Waals surface area (Å²) >= 11 is 0. The molecule has 0 bridgehead atoms. The molecule has 3 heteroatoms. The molecule has 0 saturated heterocycles. The molecule has 1 aliphatic rings. The minimum atomic E-state index is 0.0750. The molecule has 0 N–H and O–H groups in total. The number of hydrogen-bond donors (Lipinski definition) is 0. The molecule has 0 amide bonds. The predicted octanol–water partition coefficient (Wildman–Crippen LogP) is 7.77. The Bertz CT molecular complexity index is 990. The SMILES string of the molecule is C=CC(=C)/C=C(\C=C/C(=C)/C=C\C)C1=NC=NC(=C)C(C)/C=C\C(C)/C=C\C(=C)OC1=C. The molecule has 32 heavy (non-hydrogen) atoms. The zero-order valence-electron chi connectivity index (χ0n) is 19.6. The van der Waals surface area contributed by atoms with Gasteiger partial charge in [0, 0.05) is 17.2 Å². The van der Waals surface area contributed by atoms with Gasteiger partial charge in [0.25, 0.3) is 0 Å². The van der Waals surface area contributed by atoms with Gasteiger partial charge in [-0.05, 0) is 36.1 Å². The quantitative estimate of drug-likeness (QED) is 0.315. The molecular formula is C29H34N2O. The van der Waals surface area contributed by atoms with Crippen molar-refractivity contribution in [2.24, 2.45) is 21.8 Å². The van der Waals surface area contributed by atoms with Gasteiger partial charge in [0.05, 0.1) is 0 Å². The summed E-state index contributed by atoms with van der Waals surface area (Å²) < 4.78 is 5.87. The predicted molar refractivity (Wildman–Crippen MR) is 142 cm³/mol. The Kier molecular flexibility index (Phi) is 11.1. The monoisotopic (exact) mass is 426 g/mol. The molecule has 0 aromatic rings. The highest BCUT2D eigenvalue weighted by Gasteiger charge is 2.12. The van der Waals surface area contributed by atoms with Crippen LogP contribution in [-0.4, -0.2) is 12.1 Å². The highest BCUT2D eigenvalue weighted by molar-refractivity contribution is 6.15. The molecule has 0 aromatic heterocycles. The van der Waals surface area contributed by atoms with Crippen LogP contribution in [0.3, 0.4) is 0 Å². The smallest absolute Gasteiger partial charge is 0.146 e. The van der Waals surface area contributed by atoms with Gasteiger partial charge in [-0.15, -0.1) is 0 Å². The average molecular weight is 427 g/mol. The van der Waals surface area contributed by atoms with Crippen LogP contribution >= 0.6 is 0 Å². The van der Waals surface area contributed by atoms with Gasteiger partial charge in [0.2, 0.25) is 0 Å². The van der Waals surface area contributed by atoms with Crippen LogP contribution in [0.2, 0.25) is 0 Å². The molecule has 2 unspecified atom stereocenters. The van der Waals surface area contributed by atoms with Gasteiger partial charge in [-0.2, -0.15) is 0 Å². The van der Waals surface area contributed by atoms with Crippen molar-refractivity contribution in [3.05, 3.63) is 134 Å². The molecule has 0 aliphatic carbocycles. The van der Waals surface area contributed by atoms with Gasteiger partial charge >= 0.3 is 0 Å². The van der Waals surface area contributed by atoms with E-state index in [4.69, 9.17) is 4.74 Å². The largest absolute Gasteiger partial charge is 0.456 e. The van der Waals surface area contributed by atoms with Crippen LogP contribution in [-0.2, 0) is 4.74 Å². The van der Waals surface area contributed by atoms with Crippen LogP contribution < -0.4 is 0 Å². The maximum Gasteiger partial charge on any atom is 0.146 e. The van der Waals surface area contributed by atoms with E-state index in [9.17, 15) is 0 Å². The van der Waals surface area contributed by atoms with Crippen LogP contribution in [0.15, 0.2) is 144 Å². The number of nitrogens with zero attached hydrogens (tertiary/aromatic N) is 2. The van der Waals surface area contributed by atoms with E-state index in [2.05, 4.69) is 68.5 Å². The van der Waals surface area contributed by atoms with E-state index in [0.717, 1.165) is 5.57 Å². The van der Waals surface area contributed by atoms with Gasteiger partial charge in [0.15, 0.2) is 0 Å². The summed E-state index contributed by atoms with van der Waals surface area (Å²) in [6.07, 6.45) is 20.5. The number of allylic oxidation sites excluding steroid dienone is 13. The molecule has 0 spiro atoms. The molecule has 2 atom stereocenters. The van der Waals surface area contributed by atoms with Crippen molar-refractivity contribution in [1.29, 1.82) is 0 Å². The van der Waals surface area contributed by atoms with Gasteiger partial charge in [-0.3, -0.25) is 0 Å². The Labute approximate surface area is 193 Å². The fraction of sp³-hybridized carbons (Fsp3) is 0.172. The Hall–Kier alpha value is -3.72. The average Bonchev–Trinajstić information content (AvgIpc) is 2.75. The van der Waals surface area contributed by atoms with Crippen LogP contribution in [0, 0.1) is 11.8 Å². The van der Waals surface area contributed by atoms with E-state index in [-0.39, 0.29) is 11.8 Å². The molecule has 0 radical (unpaired) electrons. The standard InChI is InChI=1S/C29H34N2O/c1-10-12-22(4)15-18-28(19-21(3)11-2)29-27(9)32-25(7)17-14-23(5)13-16-24(6)26(8)30-20-31-29/h10-20,23-24H,2-4,7-9H2,1,5-6H3/b12-10-,16-13-,17-14-,18-15-,28-19+,30-20?,31-29?. The molecule has 0 saturated carbocycles. The third-order valence-electron chi connectivity index (χ3n) is 4.48. The van der Waals surface area contributed by atoms with E-state index in [0.29, 0.717) is 34.1 Å². The van der Waals surface area contributed by atoms with E-state index < -0.39 is 0 Å². The van der Waals surface area contributed by atoms with E-state index >= 15 is 0 Å². The molecule has 1 aliphatic heterocycles. The lowest BCUT2D eigenvalue weighted by molar-refractivity contribution is 0.348. The van der Waals surface area contributed by atoms with E-state index in [1.54, 1.807) is 6.08 Å². The lowest BCUT2D eigenvalue weighted by atomic mass is 10.0. The topological polar surface area (TPSA) is 34.0 Å². The molecule has 1 heterocycles. The van der Waals surface area contributed by atoms with Crippen molar-refractivity contribution in [3.8, 4) is 0 Å². The number of rotatable bonds is 6. The van der Waals surface area contributed by atoms with E-state index in [1.807, 2.05) is 56.4 Å². The Morgan fingerprint density at radius 1 is 1.00 bits per heavy atom. The third kappa shape index (κ3) is 9.40. The summed E-state index contributed by atoms with van der Waals surface area (Å²) in [6, 6.07) is 0. The fourth-order valence-corrected chi connectivity index (χ4v) is 2.52. The number of aliphatic imine (C=N–C) groups is 2. The fourth-order valence-electron chi connectivity index (χ4n) is 2.52. The number of ether oxygens (including phenoxy) is 1.